The fourth-order valence-electron chi connectivity index (χ4n) is 3.36. The third-order valence-corrected chi connectivity index (χ3v) is 4.98. The first-order chi connectivity index (χ1) is 15.6. The molecule has 2 N–H and O–H groups in total. The van der Waals surface area contributed by atoms with Crippen molar-refractivity contribution >= 4 is 12.1 Å². The summed E-state index contributed by atoms with van der Waals surface area (Å²) in [7, 11) is 0. The van der Waals surface area contributed by atoms with Gasteiger partial charge in [-0.25, -0.2) is 14.2 Å². The molecule has 1 aliphatic rings. The molecule has 0 aliphatic carbocycles. The molecule has 2 aromatic rings. The summed E-state index contributed by atoms with van der Waals surface area (Å²) in [5, 5.41) is 6.63. The highest BCUT2D eigenvalue weighted by Crippen LogP contribution is 2.24. The molecule has 1 aliphatic heterocycles. The van der Waals surface area contributed by atoms with E-state index in [9.17, 15) is 9.18 Å². The van der Waals surface area contributed by atoms with Crippen LogP contribution in [0.15, 0.2) is 47.7 Å². The number of hydrogen-bond acceptors (Lipinski definition) is 5. The highest BCUT2D eigenvalue weighted by atomic mass is 19.1. The van der Waals surface area contributed by atoms with Crippen molar-refractivity contribution in [2.24, 2.45) is 4.99 Å². The third-order valence-electron chi connectivity index (χ3n) is 4.98. The minimum atomic E-state index is -0.453. The van der Waals surface area contributed by atoms with Crippen LogP contribution in [-0.4, -0.2) is 54.2 Å². The van der Waals surface area contributed by atoms with E-state index >= 15 is 0 Å². The second-order valence-electron chi connectivity index (χ2n) is 7.36. The zero-order valence-electron chi connectivity index (χ0n) is 18.5. The third kappa shape index (κ3) is 6.83. The van der Waals surface area contributed by atoms with Gasteiger partial charge in [0.15, 0.2) is 17.5 Å². The summed E-state index contributed by atoms with van der Waals surface area (Å²) in [6, 6.07) is 8.46. The molecule has 0 atom stereocenters. The van der Waals surface area contributed by atoms with Gasteiger partial charge in [-0.2, -0.15) is 0 Å². The minimum Gasteiger partial charge on any atom is -0.453 e. The van der Waals surface area contributed by atoms with Crippen molar-refractivity contribution in [3.05, 3.63) is 54.1 Å². The van der Waals surface area contributed by atoms with Gasteiger partial charge in [-0.05, 0) is 56.5 Å². The minimum absolute atomic E-state index is 0.143. The number of aliphatic imine (C=N–C) groups is 1. The number of benzene rings is 1. The maximum atomic E-state index is 14.5. The molecular weight excluding hydrogens is 413 g/mol. The average Bonchev–Trinajstić information content (AvgIpc) is 2.80. The molecule has 32 heavy (non-hydrogen) atoms. The molecular formula is C23H30FN5O3. The van der Waals surface area contributed by atoms with E-state index in [1.54, 1.807) is 42.3 Å². The summed E-state index contributed by atoms with van der Waals surface area (Å²) in [4.78, 5) is 22.1. The number of guanidine groups is 1. The quantitative estimate of drug-likeness (QED) is 0.501. The topological polar surface area (TPSA) is 88.1 Å². The van der Waals surface area contributed by atoms with E-state index in [4.69, 9.17) is 9.47 Å². The van der Waals surface area contributed by atoms with Gasteiger partial charge in [0.2, 0.25) is 0 Å². The van der Waals surface area contributed by atoms with Crippen LogP contribution in [0.4, 0.5) is 9.18 Å². The molecule has 1 aromatic heterocycles. The Morgan fingerprint density at radius 1 is 1.28 bits per heavy atom. The number of hydrogen-bond donors (Lipinski definition) is 2. The van der Waals surface area contributed by atoms with E-state index in [1.165, 1.54) is 12.3 Å². The van der Waals surface area contributed by atoms with Gasteiger partial charge >= 0.3 is 6.09 Å². The second kappa shape index (κ2) is 11.9. The Morgan fingerprint density at radius 3 is 2.75 bits per heavy atom. The van der Waals surface area contributed by atoms with Crippen molar-refractivity contribution in [1.29, 1.82) is 0 Å². The monoisotopic (exact) mass is 443 g/mol. The first-order valence-electron chi connectivity index (χ1n) is 10.9. The van der Waals surface area contributed by atoms with E-state index in [-0.39, 0.29) is 17.9 Å². The van der Waals surface area contributed by atoms with Crippen molar-refractivity contribution < 1.29 is 18.7 Å². The molecule has 2 heterocycles. The first-order valence-corrected chi connectivity index (χ1v) is 10.9. The van der Waals surface area contributed by atoms with E-state index in [1.807, 2.05) is 6.92 Å². The molecule has 1 fully saturated rings. The molecule has 1 saturated heterocycles. The molecule has 3 rings (SSSR count). The largest absolute Gasteiger partial charge is 0.453 e. The van der Waals surface area contributed by atoms with Gasteiger partial charge in [0.05, 0.1) is 19.3 Å². The number of aromatic nitrogens is 1. The van der Waals surface area contributed by atoms with E-state index < -0.39 is 5.82 Å². The van der Waals surface area contributed by atoms with Crippen molar-refractivity contribution in [3.8, 4) is 11.5 Å². The van der Waals surface area contributed by atoms with Crippen molar-refractivity contribution in [2.45, 2.75) is 39.3 Å². The standard InChI is InChI=1S/C23H30FN5O3/c1-3-26-22(28-18-9-12-29(13-10-18)23(30)31-4-2)27-15-17-7-8-21(20(24)14-17)32-19-6-5-11-25-16-19/h5-8,11,14,16,18H,3-4,9-10,12-13,15H2,1-2H3,(H2,26,27,28). The number of amides is 1. The fourth-order valence-corrected chi connectivity index (χ4v) is 3.36. The van der Waals surface area contributed by atoms with Gasteiger partial charge in [-0.1, -0.05) is 6.07 Å². The number of likely N-dealkylation sites (tertiary alicyclic amines) is 1. The lowest BCUT2D eigenvalue weighted by Gasteiger charge is -2.32. The SMILES string of the molecule is CCNC(=NCc1ccc(Oc2cccnc2)c(F)c1)NC1CCN(C(=O)OCC)CC1. The summed E-state index contributed by atoms with van der Waals surface area (Å²) in [5.74, 6) is 0.831. The van der Waals surface area contributed by atoms with Crippen LogP contribution in [0.2, 0.25) is 0 Å². The maximum absolute atomic E-state index is 14.5. The molecule has 0 radical (unpaired) electrons. The zero-order valence-corrected chi connectivity index (χ0v) is 18.5. The van der Waals surface area contributed by atoms with E-state index in [2.05, 4.69) is 20.6 Å². The number of carbonyl (C=O) groups is 1. The Bertz CT molecular complexity index is 902. The molecule has 1 aromatic carbocycles. The predicted molar refractivity (Wildman–Crippen MR) is 120 cm³/mol. The molecule has 9 heteroatoms. The van der Waals surface area contributed by atoms with Crippen LogP contribution in [0.5, 0.6) is 11.5 Å². The van der Waals surface area contributed by atoms with E-state index in [0.29, 0.717) is 44.5 Å². The van der Waals surface area contributed by atoms with Crippen LogP contribution in [0.1, 0.15) is 32.3 Å². The van der Waals surface area contributed by atoms with Crippen molar-refractivity contribution in [1.82, 2.24) is 20.5 Å². The zero-order chi connectivity index (χ0) is 22.8. The average molecular weight is 444 g/mol. The van der Waals surface area contributed by atoms with Crippen LogP contribution in [0.3, 0.4) is 0 Å². The number of rotatable bonds is 7. The number of piperidine rings is 1. The number of halogens is 1. The maximum Gasteiger partial charge on any atom is 0.409 e. The number of ether oxygens (including phenoxy) is 2. The van der Waals surface area contributed by atoms with E-state index in [0.717, 1.165) is 18.4 Å². The van der Waals surface area contributed by atoms with Crippen LogP contribution in [-0.2, 0) is 11.3 Å². The highest BCUT2D eigenvalue weighted by Gasteiger charge is 2.24. The lowest BCUT2D eigenvalue weighted by atomic mass is 10.1. The molecule has 0 unspecified atom stereocenters. The summed E-state index contributed by atoms with van der Waals surface area (Å²) < 4.78 is 25.1. The van der Waals surface area contributed by atoms with Gasteiger partial charge in [0, 0.05) is 31.9 Å². The molecule has 172 valence electrons. The van der Waals surface area contributed by atoms with Gasteiger partial charge < -0.3 is 25.0 Å². The smallest absolute Gasteiger partial charge is 0.409 e. The highest BCUT2D eigenvalue weighted by molar-refractivity contribution is 5.80. The molecule has 0 spiro atoms. The van der Waals surface area contributed by atoms with Crippen molar-refractivity contribution in [2.75, 3.05) is 26.2 Å². The van der Waals surface area contributed by atoms with Crippen LogP contribution in [0, 0.1) is 5.82 Å². The number of carbonyl (C=O) groups excluding carboxylic acids is 1. The van der Waals surface area contributed by atoms with Gasteiger partial charge in [0.25, 0.3) is 0 Å². The number of nitrogens with one attached hydrogen (secondary N) is 2. The van der Waals surface area contributed by atoms with Crippen LogP contribution < -0.4 is 15.4 Å². The molecule has 8 nitrogen and oxygen atoms in total. The van der Waals surface area contributed by atoms with Gasteiger partial charge in [-0.3, -0.25) is 4.98 Å². The van der Waals surface area contributed by atoms with Crippen LogP contribution in [0.25, 0.3) is 0 Å². The number of nitrogens with zero attached hydrogens (tertiary/aromatic N) is 3. The van der Waals surface area contributed by atoms with Gasteiger partial charge in [-0.15, -0.1) is 0 Å². The Hall–Kier alpha value is -3.36. The summed E-state index contributed by atoms with van der Waals surface area (Å²) in [6.07, 6.45) is 4.51. The molecule has 0 saturated carbocycles. The predicted octanol–water partition coefficient (Wildman–Crippen LogP) is 3.69. The Labute approximate surface area is 187 Å². The molecule has 0 bridgehead atoms. The summed E-state index contributed by atoms with van der Waals surface area (Å²) in [6.45, 7) is 6.48. The van der Waals surface area contributed by atoms with Crippen molar-refractivity contribution in [3.63, 3.8) is 0 Å². The van der Waals surface area contributed by atoms with Crippen LogP contribution >= 0.6 is 0 Å². The Kier molecular flexibility index (Phi) is 8.65. The summed E-state index contributed by atoms with van der Waals surface area (Å²) in [5.41, 5.74) is 0.732. The molecule has 1 amide bonds. The normalized spacial score (nSPS) is 14.7. The van der Waals surface area contributed by atoms with Gasteiger partial charge in [0.1, 0.15) is 5.75 Å². The fraction of sp³-hybridized carbons (Fsp3) is 0.435. The lowest BCUT2D eigenvalue weighted by Crippen LogP contribution is -2.49. The first kappa shape index (κ1) is 23.3. The lowest BCUT2D eigenvalue weighted by molar-refractivity contribution is 0.0963. The second-order valence-corrected chi connectivity index (χ2v) is 7.36. The summed E-state index contributed by atoms with van der Waals surface area (Å²) >= 11 is 0. The Morgan fingerprint density at radius 2 is 2.09 bits per heavy atom. The Balaban J connectivity index is 1.55. The number of pyridine rings is 1.